The minimum Gasteiger partial charge on any atom is -0.368 e. The number of nitrogens with zero attached hydrogens (tertiary/aromatic N) is 3. The third-order valence-corrected chi connectivity index (χ3v) is 6.10. The average molecular weight is 537 g/mol. The van der Waals surface area contributed by atoms with E-state index in [1.165, 1.54) is 4.68 Å². The van der Waals surface area contributed by atoms with Crippen LogP contribution in [0.2, 0.25) is 10.0 Å². The summed E-state index contributed by atoms with van der Waals surface area (Å²) >= 11 is 12.2. The molecule has 4 N–H and O–H groups in total. The molecular weight excluding hydrogens is 515 g/mol. The van der Waals surface area contributed by atoms with Gasteiger partial charge in [-0.3, -0.25) is 19.4 Å². The molecule has 0 aliphatic rings. The Bertz CT molecular complexity index is 1430. The summed E-state index contributed by atoms with van der Waals surface area (Å²) in [7, 11) is 0. The van der Waals surface area contributed by atoms with Crippen molar-refractivity contribution in [3.8, 4) is 16.9 Å². The maximum absolute atomic E-state index is 12.8. The number of benzene rings is 2. The zero-order valence-corrected chi connectivity index (χ0v) is 20.9. The monoisotopic (exact) mass is 536 g/mol. The zero-order chi connectivity index (χ0) is 26.4. The standard InChI is InChI=1S/C26H22Cl2N6O3/c27-19-9-8-18(12-20(19)28)34-23(13-21(33-34)17-7-4-10-30-15-17)32-25(36)14-24(35)31-22(26(29)37)11-16-5-2-1-3-6-16/h1-10,12-13,15,22H,11,14H2,(H2,29,37)(H,31,35)(H,32,36)/t22-/m0/s1. The molecule has 188 valence electrons. The van der Waals surface area contributed by atoms with Crippen LogP contribution < -0.4 is 16.4 Å². The number of hydrogen-bond acceptors (Lipinski definition) is 5. The van der Waals surface area contributed by atoms with Crippen LogP contribution in [0.3, 0.4) is 0 Å². The number of anilines is 1. The summed E-state index contributed by atoms with van der Waals surface area (Å²) in [6.07, 6.45) is 2.95. The molecule has 1 atom stereocenters. The molecule has 37 heavy (non-hydrogen) atoms. The zero-order valence-electron chi connectivity index (χ0n) is 19.4. The maximum Gasteiger partial charge on any atom is 0.240 e. The van der Waals surface area contributed by atoms with E-state index in [2.05, 4.69) is 20.7 Å². The van der Waals surface area contributed by atoms with Crippen LogP contribution in [-0.4, -0.2) is 38.5 Å². The molecular formula is C26H22Cl2N6O3. The fourth-order valence-electron chi connectivity index (χ4n) is 3.59. The molecule has 4 rings (SSSR count). The Morgan fingerprint density at radius 2 is 1.73 bits per heavy atom. The Balaban J connectivity index is 1.51. The van der Waals surface area contributed by atoms with Crippen molar-refractivity contribution in [3.63, 3.8) is 0 Å². The lowest BCUT2D eigenvalue weighted by Gasteiger charge is -2.15. The van der Waals surface area contributed by atoms with Crippen LogP contribution in [0.15, 0.2) is 79.1 Å². The van der Waals surface area contributed by atoms with E-state index >= 15 is 0 Å². The Morgan fingerprint density at radius 1 is 0.946 bits per heavy atom. The molecule has 0 aliphatic heterocycles. The van der Waals surface area contributed by atoms with Gasteiger partial charge in [0.1, 0.15) is 18.3 Å². The number of primary amides is 1. The number of rotatable bonds is 9. The first-order valence-corrected chi connectivity index (χ1v) is 11.9. The second-order valence-corrected chi connectivity index (χ2v) is 8.92. The summed E-state index contributed by atoms with van der Waals surface area (Å²) in [6.45, 7) is 0. The van der Waals surface area contributed by atoms with Gasteiger partial charge in [0.05, 0.1) is 21.4 Å². The maximum atomic E-state index is 12.8. The Morgan fingerprint density at radius 3 is 2.41 bits per heavy atom. The van der Waals surface area contributed by atoms with Crippen molar-refractivity contribution in [1.29, 1.82) is 0 Å². The number of hydrogen-bond donors (Lipinski definition) is 3. The summed E-state index contributed by atoms with van der Waals surface area (Å²) in [6, 6.07) is 18.3. The van der Waals surface area contributed by atoms with Crippen LogP contribution in [0, 0.1) is 0 Å². The summed E-state index contributed by atoms with van der Waals surface area (Å²) in [5.74, 6) is -1.66. The lowest BCUT2D eigenvalue weighted by Crippen LogP contribution is -2.46. The molecule has 0 saturated heterocycles. The SMILES string of the molecule is NC(=O)[C@H](Cc1ccccc1)NC(=O)CC(=O)Nc1cc(-c2cccnc2)nn1-c1ccc(Cl)c(Cl)c1. The lowest BCUT2D eigenvalue weighted by atomic mass is 10.1. The minimum atomic E-state index is -0.957. The summed E-state index contributed by atoms with van der Waals surface area (Å²) in [4.78, 5) is 41.3. The van der Waals surface area contributed by atoms with Crippen molar-refractivity contribution in [2.75, 3.05) is 5.32 Å². The van der Waals surface area contributed by atoms with Gasteiger partial charge in [-0.1, -0.05) is 53.5 Å². The van der Waals surface area contributed by atoms with Crippen molar-refractivity contribution in [2.24, 2.45) is 5.73 Å². The van der Waals surface area contributed by atoms with Crippen LogP contribution >= 0.6 is 23.2 Å². The van der Waals surface area contributed by atoms with E-state index in [1.54, 1.807) is 42.7 Å². The highest BCUT2D eigenvalue weighted by molar-refractivity contribution is 6.42. The molecule has 9 nitrogen and oxygen atoms in total. The van der Waals surface area contributed by atoms with Gasteiger partial charge in [0, 0.05) is 30.4 Å². The third-order valence-electron chi connectivity index (χ3n) is 5.36. The summed E-state index contributed by atoms with van der Waals surface area (Å²) in [5, 5.41) is 10.5. The molecule has 3 amide bonds. The van der Waals surface area contributed by atoms with Crippen LogP contribution in [0.25, 0.3) is 16.9 Å². The normalized spacial score (nSPS) is 11.5. The molecule has 0 radical (unpaired) electrons. The second-order valence-electron chi connectivity index (χ2n) is 8.10. The number of nitrogens with two attached hydrogens (primary N) is 1. The van der Waals surface area contributed by atoms with Gasteiger partial charge in [-0.2, -0.15) is 5.10 Å². The Kier molecular flexibility index (Phi) is 8.17. The van der Waals surface area contributed by atoms with Crippen molar-refractivity contribution in [2.45, 2.75) is 18.9 Å². The van der Waals surface area contributed by atoms with Crippen LogP contribution in [0.1, 0.15) is 12.0 Å². The van der Waals surface area contributed by atoms with Crippen molar-refractivity contribution < 1.29 is 14.4 Å². The smallest absolute Gasteiger partial charge is 0.240 e. The number of nitrogens with one attached hydrogen (secondary N) is 2. The largest absolute Gasteiger partial charge is 0.368 e. The molecule has 11 heteroatoms. The van der Waals surface area contributed by atoms with Crippen molar-refractivity contribution in [1.82, 2.24) is 20.1 Å². The first-order chi connectivity index (χ1) is 17.8. The van der Waals surface area contributed by atoms with E-state index < -0.39 is 30.2 Å². The van der Waals surface area contributed by atoms with Gasteiger partial charge >= 0.3 is 0 Å². The summed E-state index contributed by atoms with van der Waals surface area (Å²) < 4.78 is 1.47. The molecule has 0 aliphatic carbocycles. The van der Waals surface area contributed by atoms with Gasteiger partial charge in [0.15, 0.2) is 0 Å². The van der Waals surface area contributed by atoms with E-state index in [4.69, 9.17) is 28.9 Å². The average Bonchev–Trinajstić information content (AvgIpc) is 3.30. The predicted molar refractivity (Wildman–Crippen MR) is 141 cm³/mol. The van der Waals surface area contributed by atoms with E-state index in [0.29, 0.717) is 27.2 Å². The minimum absolute atomic E-state index is 0.210. The molecule has 0 spiro atoms. The van der Waals surface area contributed by atoms with Crippen molar-refractivity contribution >= 4 is 46.7 Å². The molecule has 2 aromatic heterocycles. The first kappa shape index (κ1) is 25.9. The quantitative estimate of drug-likeness (QED) is 0.280. The molecule has 0 bridgehead atoms. The van der Waals surface area contributed by atoms with Gasteiger partial charge in [0.25, 0.3) is 0 Å². The van der Waals surface area contributed by atoms with Gasteiger partial charge in [-0.05, 0) is 35.9 Å². The molecule has 4 aromatic rings. The first-order valence-electron chi connectivity index (χ1n) is 11.2. The number of halogens is 2. The van der Waals surface area contributed by atoms with E-state index in [1.807, 2.05) is 36.4 Å². The second kappa shape index (κ2) is 11.7. The highest BCUT2D eigenvalue weighted by atomic mass is 35.5. The van der Waals surface area contributed by atoms with Gasteiger partial charge < -0.3 is 16.4 Å². The molecule has 0 saturated carbocycles. The number of carbonyl (C=O) groups excluding carboxylic acids is 3. The highest BCUT2D eigenvalue weighted by Crippen LogP contribution is 2.28. The van der Waals surface area contributed by atoms with E-state index in [0.717, 1.165) is 11.1 Å². The van der Waals surface area contributed by atoms with E-state index in [9.17, 15) is 14.4 Å². The lowest BCUT2D eigenvalue weighted by molar-refractivity contribution is -0.130. The summed E-state index contributed by atoms with van der Waals surface area (Å²) in [5.41, 5.74) is 8.09. The highest BCUT2D eigenvalue weighted by Gasteiger charge is 2.21. The molecule has 2 heterocycles. The van der Waals surface area contributed by atoms with Crippen LogP contribution in [-0.2, 0) is 20.8 Å². The predicted octanol–water partition coefficient (Wildman–Crippen LogP) is 3.78. The number of pyridine rings is 1. The van der Waals surface area contributed by atoms with Gasteiger partial charge in [-0.25, -0.2) is 4.68 Å². The molecule has 0 unspecified atom stereocenters. The molecule has 0 fully saturated rings. The third kappa shape index (κ3) is 6.72. The topological polar surface area (TPSA) is 132 Å². The van der Waals surface area contributed by atoms with Gasteiger partial charge in [0.2, 0.25) is 17.7 Å². The Labute approximate surface area is 222 Å². The van der Waals surface area contributed by atoms with E-state index in [-0.39, 0.29) is 6.42 Å². The molecule has 2 aromatic carbocycles. The fraction of sp³-hybridized carbons (Fsp3) is 0.115. The van der Waals surface area contributed by atoms with Gasteiger partial charge in [-0.15, -0.1) is 0 Å². The van der Waals surface area contributed by atoms with Crippen molar-refractivity contribution in [3.05, 3.63) is 94.7 Å². The number of carbonyl (C=O) groups is 3. The number of amides is 3. The van der Waals surface area contributed by atoms with Crippen LogP contribution in [0.5, 0.6) is 0 Å². The van der Waals surface area contributed by atoms with Crippen LogP contribution in [0.4, 0.5) is 5.82 Å². The number of aromatic nitrogens is 3. The Hall–Kier alpha value is -4.21. The fourth-order valence-corrected chi connectivity index (χ4v) is 3.88.